The van der Waals surface area contributed by atoms with Gasteiger partial charge in [0.15, 0.2) is 0 Å². The van der Waals surface area contributed by atoms with Crippen LogP contribution in [0.2, 0.25) is 10.0 Å². The molecular weight excluding hydrogens is 476 g/mol. The van der Waals surface area contributed by atoms with Crippen molar-refractivity contribution >= 4 is 35.1 Å². The summed E-state index contributed by atoms with van der Waals surface area (Å²) in [6, 6.07) is 9.03. The van der Waals surface area contributed by atoms with E-state index in [-0.39, 0.29) is 22.1 Å². The lowest BCUT2D eigenvalue weighted by Gasteiger charge is -2.20. The van der Waals surface area contributed by atoms with Gasteiger partial charge in [0.2, 0.25) is 0 Å². The van der Waals surface area contributed by atoms with Crippen molar-refractivity contribution in [1.82, 2.24) is 14.9 Å². The molecule has 0 amide bonds. The monoisotopic (exact) mass is 496 g/mol. The number of nitrogens with two attached hydrogens (primary N) is 1. The number of rotatable bonds is 6. The number of nitrogens with zero attached hydrogens (tertiary/aromatic N) is 2. The number of allylic oxidation sites excluding steroid dienone is 1. The number of anilines is 1. The van der Waals surface area contributed by atoms with Gasteiger partial charge >= 0.3 is 11.9 Å². The Morgan fingerprint density at radius 2 is 1.91 bits per heavy atom. The molecule has 0 aliphatic carbocycles. The summed E-state index contributed by atoms with van der Waals surface area (Å²) in [5.41, 5.74) is 6.77. The van der Waals surface area contributed by atoms with Gasteiger partial charge in [0.05, 0.1) is 16.6 Å². The van der Waals surface area contributed by atoms with E-state index in [0.717, 1.165) is 16.2 Å². The second-order valence-corrected chi connectivity index (χ2v) is 8.25. The van der Waals surface area contributed by atoms with Gasteiger partial charge in [0, 0.05) is 17.8 Å². The van der Waals surface area contributed by atoms with Crippen LogP contribution in [0.5, 0.6) is 0 Å². The summed E-state index contributed by atoms with van der Waals surface area (Å²) in [5.74, 6) is -1.89. The predicted octanol–water partition coefficient (Wildman–Crippen LogP) is 5.51. The summed E-state index contributed by atoms with van der Waals surface area (Å²) in [7, 11) is 1.77. The number of hydrogen-bond acceptors (Lipinski definition) is 4. The zero-order valence-corrected chi connectivity index (χ0v) is 19.3. The van der Waals surface area contributed by atoms with Crippen molar-refractivity contribution in [2.24, 2.45) is 0 Å². The second-order valence-electron chi connectivity index (χ2n) is 7.43. The minimum Gasteiger partial charge on any atom is -0.383 e. The summed E-state index contributed by atoms with van der Waals surface area (Å²) in [5, 5.41) is 3.42. The second kappa shape index (κ2) is 9.99. The molecule has 0 saturated heterocycles. The van der Waals surface area contributed by atoms with Crippen LogP contribution in [-0.2, 0) is 6.54 Å². The number of nitrogens with one attached hydrogen (secondary N) is 1. The maximum absolute atomic E-state index is 13.9. The Kier molecular flexibility index (Phi) is 7.51. The van der Waals surface area contributed by atoms with Crippen molar-refractivity contribution in [3.05, 3.63) is 91.5 Å². The highest BCUT2D eigenvalue weighted by Gasteiger charge is 2.39. The molecule has 1 aromatic heterocycles. The summed E-state index contributed by atoms with van der Waals surface area (Å²) in [4.78, 5) is 15.8. The van der Waals surface area contributed by atoms with Crippen molar-refractivity contribution in [1.29, 1.82) is 0 Å². The first-order valence-corrected chi connectivity index (χ1v) is 10.6. The van der Waals surface area contributed by atoms with E-state index in [1.54, 1.807) is 32.2 Å². The van der Waals surface area contributed by atoms with Crippen molar-refractivity contribution in [3.8, 4) is 5.69 Å². The van der Waals surface area contributed by atoms with E-state index in [2.05, 4.69) is 10.3 Å². The minimum atomic E-state index is -4.57. The van der Waals surface area contributed by atoms with Gasteiger partial charge in [0.25, 0.3) is 0 Å². The molecule has 0 bridgehead atoms. The van der Waals surface area contributed by atoms with E-state index in [9.17, 15) is 18.0 Å². The quantitative estimate of drug-likeness (QED) is 0.471. The van der Waals surface area contributed by atoms with Gasteiger partial charge in [0.1, 0.15) is 5.82 Å². The molecule has 2 aromatic carbocycles. The number of benzene rings is 2. The van der Waals surface area contributed by atoms with Gasteiger partial charge in [-0.1, -0.05) is 53.6 Å². The fourth-order valence-electron chi connectivity index (χ4n) is 3.45. The van der Waals surface area contributed by atoms with Crippen LogP contribution in [0.3, 0.4) is 0 Å². The summed E-state index contributed by atoms with van der Waals surface area (Å²) < 4.78 is 43.0. The maximum atomic E-state index is 13.9. The third-order valence-electron chi connectivity index (χ3n) is 4.98. The Morgan fingerprint density at radius 3 is 2.48 bits per heavy atom. The highest BCUT2D eigenvalue weighted by atomic mass is 35.5. The van der Waals surface area contributed by atoms with E-state index < -0.39 is 17.8 Å². The van der Waals surface area contributed by atoms with Crippen LogP contribution >= 0.6 is 23.2 Å². The molecule has 33 heavy (non-hydrogen) atoms. The van der Waals surface area contributed by atoms with Crippen LogP contribution in [0.4, 0.5) is 19.0 Å². The zero-order chi connectivity index (χ0) is 24.3. The molecular formula is C23H21Cl2F3N4O. The molecule has 0 saturated carbocycles. The molecule has 174 valence electrons. The first-order valence-electron chi connectivity index (χ1n) is 9.84. The van der Waals surface area contributed by atoms with Crippen molar-refractivity contribution < 1.29 is 13.2 Å². The highest BCUT2D eigenvalue weighted by Crippen LogP contribution is 2.39. The van der Waals surface area contributed by atoms with Crippen molar-refractivity contribution in [3.63, 3.8) is 0 Å². The Hall–Kier alpha value is -2.81. The molecule has 5 nitrogen and oxygen atoms in total. The number of halogens is 5. The lowest BCUT2D eigenvalue weighted by molar-refractivity contribution is -0.139. The molecule has 0 radical (unpaired) electrons. The van der Waals surface area contributed by atoms with E-state index >= 15 is 0 Å². The first-order chi connectivity index (χ1) is 15.5. The number of hydrogen-bond donors (Lipinski definition) is 2. The molecule has 0 spiro atoms. The molecule has 0 fully saturated rings. The normalized spacial score (nSPS) is 12.9. The molecule has 3 aromatic rings. The van der Waals surface area contributed by atoms with Gasteiger partial charge in [-0.15, -0.1) is 0 Å². The SMILES string of the molecule is CNCc1ccc(/C=C/C(c2cc(C)c(-n3ccc(N)nc3=O)c(Cl)c2)C(F)(F)F)cc1Cl. The molecule has 0 aliphatic heterocycles. The predicted molar refractivity (Wildman–Crippen MR) is 126 cm³/mol. The van der Waals surface area contributed by atoms with Crippen LogP contribution in [0.15, 0.2) is 53.5 Å². The first kappa shape index (κ1) is 24.8. The molecule has 0 aliphatic rings. The maximum Gasteiger partial charge on any atom is 0.399 e. The van der Waals surface area contributed by atoms with Gasteiger partial charge < -0.3 is 11.1 Å². The van der Waals surface area contributed by atoms with Gasteiger partial charge in [-0.25, -0.2) is 4.79 Å². The average Bonchev–Trinajstić information content (AvgIpc) is 2.70. The molecule has 10 heteroatoms. The van der Waals surface area contributed by atoms with Crippen molar-refractivity contribution in [2.75, 3.05) is 12.8 Å². The average molecular weight is 497 g/mol. The summed E-state index contributed by atoms with van der Waals surface area (Å²) in [6.07, 6.45) is -0.756. The summed E-state index contributed by atoms with van der Waals surface area (Å²) >= 11 is 12.5. The Morgan fingerprint density at radius 1 is 1.18 bits per heavy atom. The van der Waals surface area contributed by atoms with E-state index in [0.29, 0.717) is 22.7 Å². The lowest BCUT2D eigenvalue weighted by atomic mass is 9.94. The zero-order valence-electron chi connectivity index (χ0n) is 17.8. The number of aromatic nitrogens is 2. The standard InChI is InChI=1S/C23H21Cl2F3N4O/c1-13-9-16(11-19(25)21(13)32-8-7-20(29)31-22(32)33)17(23(26,27)28)6-4-14-3-5-15(12-30-2)18(24)10-14/h3-11,17,30H,12H2,1-2H3,(H2,29,31,33)/b6-4+. The van der Waals surface area contributed by atoms with Crippen LogP contribution in [0.25, 0.3) is 11.8 Å². The Bertz CT molecular complexity index is 1230. The fraction of sp³-hybridized carbons (Fsp3) is 0.217. The van der Waals surface area contributed by atoms with Gasteiger partial charge in [-0.3, -0.25) is 4.57 Å². The number of nitrogen functional groups attached to an aromatic ring is 1. The minimum absolute atomic E-state index is 0.0132. The van der Waals surface area contributed by atoms with Crippen molar-refractivity contribution in [2.45, 2.75) is 25.6 Å². The molecule has 1 heterocycles. The number of alkyl halides is 3. The highest BCUT2D eigenvalue weighted by molar-refractivity contribution is 6.32. The molecule has 1 atom stereocenters. The Labute approximate surface area is 198 Å². The largest absolute Gasteiger partial charge is 0.399 e. The lowest BCUT2D eigenvalue weighted by Crippen LogP contribution is -2.23. The third kappa shape index (κ3) is 5.76. The van der Waals surface area contributed by atoms with Gasteiger partial charge in [-0.05, 0) is 54.4 Å². The van der Waals surface area contributed by atoms with Crippen LogP contribution < -0.4 is 16.7 Å². The van der Waals surface area contributed by atoms with Crippen LogP contribution in [0, 0.1) is 6.92 Å². The van der Waals surface area contributed by atoms with Gasteiger partial charge in [-0.2, -0.15) is 18.2 Å². The molecule has 3 rings (SSSR count). The summed E-state index contributed by atoms with van der Waals surface area (Å²) in [6.45, 7) is 2.12. The van der Waals surface area contributed by atoms with Crippen LogP contribution in [0.1, 0.15) is 28.2 Å². The number of aryl methyl sites for hydroxylation is 1. The smallest absolute Gasteiger partial charge is 0.383 e. The fourth-order valence-corrected chi connectivity index (χ4v) is 4.07. The van der Waals surface area contributed by atoms with E-state index in [1.807, 2.05) is 0 Å². The van der Waals surface area contributed by atoms with E-state index in [4.69, 9.17) is 28.9 Å². The third-order valence-corrected chi connectivity index (χ3v) is 5.62. The van der Waals surface area contributed by atoms with Crippen LogP contribution in [-0.4, -0.2) is 22.8 Å². The van der Waals surface area contributed by atoms with E-state index in [1.165, 1.54) is 30.5 Å². The topological polar surface area (TPSA) is 72.9 Å². The Balaban J connectivity index is 2.01. The molecule has 3 N–H and O–H groups in total. The molecule has 1 unspecified atom stereocenters.